The van der Waals surface area contributed by atoms with Crippen molar-refractivity contribution in [2.24, 2.45) is 0 Å². The Hall–Kier alpha value is -3.03. The number of ether oxygens (including phenoxy) is 2. The monoisotopic (exact) mass is 319 g/mol. The Bertz CT molecular complexity index is 836. The Kier molecular flexibility index (Phi) is 4.13. The fourth-order valence-electron chi connectivity index (χ4n) is 2.12. The minimum Gasteiger partial charge on any atom is -0.482 e. The Labute approximate surface area is 129 Å². The lowest BCUT2D eigenvalue weighted by Crippen LogP contribution is -2.08. The van der Waals surface area contributed by atoms with Gasteiger partial charge in [-0.1, -0.05) is 6.07 Å². The molecule has 0 saturated heterocycles. The van der Waals surface area contributed by atoms with Gasteiger partial charge in [0, 0.05) is 30.4 Å². The van der Waals surface area contributed by atoms with Crippen LogP contribution in [0.3, 0.4) is 0 Å². The highest BCUT2D eigenvalue weighted by molar-refractivity contribution is 5.80. The number of nitrogens with zero attached hydrogens (tertiary/aromatic N) is 3. The molecule has 3 heterocycles. The first-order valence-electron chi connectivity index (χ1n) is 6.61. The van der Waals surface area contributed by atoms with Crippen molar-refractivity contribution >= 4 is 11.9 Å². The molecule has 0 bridgehead atoms. The van der Waals surface area contributed by atoms with Gasteiger partial charge in [0.05, 0.1) is 5.56 Å². The summed E-state index contributed by atoms with van der Waals surface area (Å²) < 4.78 is 36.5. The van der Waals surface area contributed by atoms with Crippen molar-refractivity contribution in [2.45, 2.75) is 13.2 Å². The largest absolute Gasteiger partial charge is 0.482 e. The second-order valence-corrected chi connectivity index (χ2v) is 4.51. The van der Waals surface area contributed by atoms with Crippen LogP contribution in [0.1, 0.15) is 15.9 Å². The van der Waals surface area contributed by atoms with E-state index in [4.69, 9.17) is 4.74 Å². The highest BCUT2D eigenvalue weighted by Crippen LogP contribution is 2.30. The minimum atomic E-state index is -3.07. The molecule has 0 aliphatic carbocycles. The third-order valence-electron chi connectivity index (χ3n) is 3.10. The molecule has 118 valence electrons. The van der Waals surface area contributed by atoms with Crippen LogP contribution in [0.4, 0.5) is 8.78 Å². The van der Waals surface area contributed by atoms with Crippen LogP contribution in [0.5, 0.6) is 11.6 Å². The Morgan fingerprint density at radius 3 is 2.87 bits per heavy atom. The number of aromatic nitrogens is 3. The first kappa shape index (κ1) is 14.9. The molecule has 0 N–H and O–H groups in total. The van der Waals surface area contributed by atoms with Gasteiger partial charge in [0.1, 0.15) is 12.3 Å². The number of fused-ring (bicyclic) bond motifs is 1. The molecule has 0 unspecified atom stereocenters. The molecular formula is C15H11F2N3O3. The van der Waals surface area contributed by atoms with Crippen molar-refractivity contribution in [3.63, 3.8) is 0 Å². The number of rotatable bonds is 6. The van der Waals surface area contributed by atoms with E-state index in [-0.39, 0.29) is 17.9 Å². The van der Waals surface area contributed by atoms with Gasteiger partial charge in [0.25, 0.3) is 5.88 Å². The van der Waals surface area contributed by atoms with Gasteiger partial charge in [0.2, 0.25) is 0 Å². The quantitative estimate of drug-likeness (QED) is 0.654. The molecule has 0 spiro atoms. The second-order valence-electron chi connectivity index (χ2n) is 4.51. The summed E-state index contributed by atoms with van der Waals surface area (Å²) in [6, 6.07) is 4.94. The lowest BCUT2D eigenvalue weighted by molar-refractivity contribution is -0.0547. The average molecular weight is 319 g/mol. The molecule has 0 aromatic carbocycles. The number of carbonyl (C=O) groups is 1. The summed E-state index contributed by atoms with van der Waals surface area (Å²) in [7, 11) is 0. The number of pyridine rings is 2. The fraction of sp³-hybridized carbons (Fsp3) is 0.133. The number of hydrogen-bond acceptors (Lipinski definition) is 5. The highest BCUT2D eigenvalue weighted by Gasteiger charge is 2.17. The standard InChI is InChI=1S/C15H11F2N3O3/c16-15(17)23-14-12(10(8-21)3-4-19-14)22-9-11-2-1-6-20-7-5-18-13(11)20/h1-8,15H,9H2. The van der Waals surface area contributed by atoms with Crippen LogP contribution in [-0.2, 0) is 6.61 Å². The van der Waals surface area contributed by atoms with Gasteiger partial charge in [-0.05, 0) is 12.1 Å². The summed E-state index contributed by atoms with van der Waals surface area (Å²) in [5.74, 6) is -0.559. The minimum absolute atomic E-state index is 0.0213. The van der Waals surface area contributed by atoms with Crippen LogP contribution in [0.15, 0.2) is 43.0 Å². The molecule has 3 aromatic rings. The van der Waals surface area contributed by atoms with E-state index in [9.17, 15) is 13.6 Å². The van der Waals surface area contributed by atoms with Gasteiger partial charge in [-0.25, -0.2) is 9.97 Å². The Morgan fingerprint density at radius 2 is 2.09 bits per heavy atom. The zero-order chi connectivity index (χ0) is 16.2. The van der Waals surface area contributed by atoms with Gasteiger partial charge < -0.3 is 13.9 Å². The molecule has 3 aromatic heterocycles. The maximum absolute atomic E-state index is 12.4. The predicted molar refractivity (Wildman–Crippen MR) is 75.8 cm³/mol. The van der Waals surface area contributed by atoms with E-state index < -0.39 is 12.5 Å². The van der Waals surface area contributed by atoms with E-state index in [1.807, 2.05) is 6.20 Å². The normalized spacial score (nSPS) is 10.9. The molecule has 0 aliphatic rings. The summed E-state index contributed by atoms with van der Waals surface area (Å²) in [5, 5.41) is 0. The van der Waals surface area contributed by atoms with Crippen molar-refractivity contribution in [2.75, 3.05) is 0 Å². The summed E-state index contributed by atoms with van der Waals surface area (Å²) in [5.41, 5.74) is 1.47. The van der Waals surface area contributed by atoms with E-state index in [1.165, 1.54) is 12.3 Å². The zero-order valence-electron chi connectivity index (χ0n) is 11.7. The van der Waals surface area contributed by atoms with Gasteiger partial charge in [-0.2, -0.15) is 8.78 Å². The maximum Gasteiger partial charge on any atom is 0.388 e. The van der Waals surface area contributed by atoms with E-state index >= 15 is 0 Å². The van der Waals surface area contributed by atoms with Crippen LogP contribution >= 0.6 is 0 Å². The lowest BCUT2D eigenvalue weighted by atomic mass is 10.2. The zero-order valence-corrected chi connectivity index (χ0v) is 11.7. The second kappa shape index (κ2) is 6.39. The van der Waals surface area contributed by atoms with Crippen molar-refractivity contribution in [3.05, 3.63) is 54.1 Å². The molecule has 0 atom stereocenters. The first-order chi connectivity index (χ1) is 11.2. The lowest BCUT2D eigenvalue weighted by Gasteiger charge is -2.13. The van der Waals surface area contributed by atoms with E-state index in [0.717, 1.165) is 5.56 Å². The smallest absolute Gasteiger partial charge is 0.388 e. The SMILES string of the molecule is O=Cc1ccnc(OC(F)F)c1OCc1cccn2ccnc12. The number of imidazole rings is 1. The van der Waals surface area contributed by atoms with Crippen LogP contribution in [0.25, 0.3) is 5.65 Å². The first-order valence-corrected chi connectivity index (χ1v) is 6.61. The number of carbonyl (C=O) groups excluding carboxylic acids is 1. The fourth-order valence-corrected chi connectivity index (χ4v) is 2.12. The third kappa shape index (κ3) is 3.10. The molecule has 23 heavy (non-hydrogen) atoms. The van der Waals surface area contributed by atoms with E-state index in [0.29, 0.717) is 11.9 Å². The summed E-state index contributed by atoms with van der Waals surface area (Å²) in [4.78, 5) is 19.0. The van der Waals surface area contributed by atoms with Crippen LogP contribution in [0, 0.1) is 0 Å². The van der Waals surface area contributed by atoms with Crippen LogP contribution in [0.2, 0.25) is 0 Å². The number of halogens is 2. The molecular weight excluding hydrogens is 308 g/mol. The van der Waals surface area contributed by atoms with Crippen LogP contribution < -0.4 is 9.47 Å². The van der Waals surface area contributed by atoms with Gasteiger partial charge in [-0.15, -0.1) is 0 Å². The van der Waals surface area contributed by atoms with E-state index in [1.54, 1.807) is 28.9 Å². The third-order valence-corrected chi connectivity index (χ3v) is 3.10. The number of alkyl halides is 2. The average Bonchev–Trinajstić information content (AvgIpc) is 3.02. The Morgan fingerprint density at radius 1 is 1.22 bits per heavy atom. The molecule has 0 saturated carbocycles. The molecule has 0 radical (unpaired) electrons. The number of hydrogen-bond donors (Lipinski definition) is 0. The van der Waals surface area contributed by atoms with Gasteiger partial charge >= 0.3 is 6.61 Å². The van der Waals surface area contributed by atoms with Gasteiger partial charge in [-0.3, -0.25) is 4.79 Å². The highest BCUT2D eigenvalue weighted by atomic mass is 19.3. The van der Waals surface area contributed by atoms with Crippen LogP contribution in [-0.4, -0.2) is 27.3 Å². The van der Waals surface area contributed by atoms with Crippen molar-refractivity contribution in [3.8, 4) is 11.6 Å². The molecule has 0 fully saturated rings. The molecule has 0 aliphatic heterocycles. The number of aldehydes is 1. The summed E-state index contributed by atoms with van der Waals surface area (Å²) in [6.07, 6.45) is 6.91. The predicted octanol–water partition coefficient (Wildman–Crippen LogP) is 2.72. The molecule has 0 amide bonds. The molecule has 8 heteroatoms. The van der Waals surface area contributed by atoms with Crippen molar-refractivity contribution in [1.29, 1.82) is 0 Å². The van der Waals surface area contributed by atoms with Crippen molar-refractivity contribution < 1.29 is 23.0 Å². The summed E-state index contributed by atoms with van der Waals surface area (Å²) >= 11 is 0. The summed E-state index contributed by atoms with van der Waals surface area (Å²) in [6.45, 7) is -3.05. The van der Waals surface area contributed by atoms with Crippen molar-refractivity contribution in [1.82, 2.24) is 14.4 Å². The molecule has 3 rings (SSSR count). The Balaban J connectivity index is 1.90. The maximum atomic E-state index is 12.4. The molecule has 6 nitrogen and oxygen atoms in total. The topological polar surface area (TPSA) is 65.7 Å². The van der Waals surface area contributed by atoms with Gasteiger partial charge in [0.15, 0.2) is 12.0 Å². The van der Waals surface area contributed by atoms with E-state index in [2.05, 4.69) is 14.7 Å².